The Morgan fingerprint density at radius 3 is 2.95 bits per heavy atom. The van der Waals surface area contributed by atoms with Gasteiger partial charge in [0.05, 0.1) is 24.6 Å². The Morgan fingerprint density at radius 2 is 2.27 bits per heavy atom. The zero-order valence-electron chi connectivity index (χ0n) is 12.1. The van der Waals surface area contributed by atoms with E-state index in [1.165, 1.54) is 18.0 Å². The molecule has 6 heteroatoms. The van der Waals surface area contributed by atoms with E-state index >= 15 is 0 Å². The molecule has 0 aliphatic rings. The monoisotopic (exact) mass is 316 g/mol. The number of benzene rings is 1. The highest BCUT2D eigenvalue weighted by molar-refractivity contribution is 7.99. The molecule has 2 N–H and O–H groups in total. The van der Waals surface area contributed by atoms with Crippen LogP contribution in [-0.4, -0.2) is 23.3 Å². The van der Waals surface area contributed by atoms with E-state index in [1.54, 1.807) is 37.3 Å². The van der Waals surface area contributed by atoms with E-state index in [0.717, 1.165) is 4.90 Å². The first-order valence-electron chi connectivity index (χ1n) is 6.67. The quantitative estimate of drug-likeness (QED) is 0.800. The van der Waals surface area contributed by atoms with E-state index in [-0.39, 0.29) is 12.5 Å². The van der Waals surface area contributed by atoms with Crippen molar-refractivity contribution in [2.45, 2.75) is 17.4 Å². The second-order valence-electron chi connectivity index (χ2n) is 4.91. The highest BCUT2D eigenvalue weighted by atomic mass is 32.2. The number of rotatable bonds is 6. The van der Waals surface area contributed by atoms with Crippen molar-refractivity contribution in [1.29, 1.82) is 5.26 Å². The molecule has 5 nitrogen and oxygen atoms in total. The van der Waals surface area contributed by atoms with Crippen LogP contribution in [0.3, 0.4) is 0 Å². The Bertz CT molecular complexity index is 675. The molecule has 1 heterocycles. The summed E-state index contributed by atoms with van der Waals surface area (Å²) in [4.78, 5) is 13.0. The van der Waals surface area contributed by atoms with Gasteiger partial charge < -0.3 is 14.8 Å². The lowest BCUT2D eigenvalue weighted by molar-refractivity contribution is 0.0330. The Kier molecular flexibility index (Phi) is 5.26. The molecule has 2 rings (SSSR count). The first-order chi connectivity index (χ1) is 10.5. The van der Waals surface area contributed by atoms with E-state index in [2.05, 4.69) is 5.32 Å². The van der Waals surface area contributed by atoms with E-state index in [4.69, 9.17) is 9.68 Å². The maximum Gasteiger partial charge on any atom is 0.251 e. The normalized spacial score (nSPS) is 13.1. The standard InChI is InChI=1S/C16H16N2O3S/c1-16(20,14-6-3-8-21-14)11-18-15(19)12-4-2-5-13(10-12)22-9-7-17/h2-6,8,10,20H,9,11H2,1H3,(H,18,19). The molecule has 0 bridgehead atoms. The van der Waals surface area contributed by atoms with Crippen LogP contribution in [0.25, 0.3) is 0 Å². The Hall–Kier alpha value is -2.23. The zero-order chi connectivity index (χ0) is 16.0. The van der Waals surface area contributed by atoms with Crippen molar-refractivity contribution < 1.29 is 14.3 Å². The van der Waals surface area contributed by atoms with Crippen LogP contribution >= 0.6 is 11.8 Å². The molecule has 2 aromatic rings. The number of thioether (sulfide) groups is 1. The van der Waals surface area contributed by atoms with Crippen LogP contribution in [-0.2, 0) is 5.60 Å². The van der Waals surface area contributed by atoms with Crippen molar-refractivity contribution in [2.75, 3.05) is 12.3 Å². The molecule has 1 unspecified atom stereocenters. The predicted molar refractivity (Wildman–Crippen MR) is 83.4 cm³/mol. The minimum absolute atomic E-state index is 0.0366. The van der Waals surface area contributed by atoms with Crippen LogP contribution in [0.2, 0.25) is 0 Å². The second-order valence-corrected chi connectivity index (χ2v) is 5.96. The van der Waals surface area contributed by atoms with Gasteiger partial charge >= 0.3 is 0 Å². The van der Waals surface area contributed by atoms with Crippen molar-refractivity contribution in [3.8, 4) is 6.07 Å². The van der Waals surface area contributed by atoms with Crippen LogP contribution in [0.1, 0.15) is 23.0 Å². The van der Waals surface area contributed by atoms with Gasteiger partial charge in [-0.1, -0.05) is 6.07 Å². The van der Waals surface area contributed by atoms with Gasteiger partial charge in [-0.2, -0.15) is 5.26 Å². The third-order valence-electron chi connectivity index (χ3n) is 3.04. The summed E-state index contributed by atoms with van der Waals surface area (Å²) in [5.41, 5.74) is -0.787. The second kappa shape index (κ2) is 7.16. The molecular formula is C16H16N2O3S. The summed E-state index contributed by atoms with van der Waals surface area (Å²) in [7, 11) is 0. The summed E-state index contributed by atoms with van der Waals surface area (Å²) < 4.78 is 5.16. The van der Waals surface area contributed by atoms with Crippen LogP contribution in [0.5, 0.6) is 0 Å². The van der Waals surface area contributed by atoms with Gasteiger partial charge in [0.1, 0.15) is 11.4 Å². The zero-order valence-corrected chi connectivity index (χ0v) is 12.9. The Morgan fingerprint density at radius 1 is 1.45 bits per heavy atom. The molecule has 0 radical (unpaired) electrons. The lowest BCUT2D eigenvalue weighted by Gasteiger charge is -2.21. The van der Waals surface area contributed by atoms with Crippen LogP contribution in [0.4, 0.5) is 0 Å². The van der Waals surface area contributed by atoms with Gasteiger partial charge in [0.25, 0.3) is 5.91 Å². The van der Waals surface area contributed by atoms with Gasteiger partial charge in [0.15, 0.2) is 0 Å². The van der Waals surface area contributed by atoms with Gasteiger partial charge in [-0.3, -0.25) is 4.79 Å². The van der Waals surface area contributed by atoms with E-state index in [1.807, 2.05) is 12.1 Å². The topological polar surface area (TPSA) is 86.3 Å². The largest absolute Gasteiger partial charge is 0.466 e. The van der Waals surface area contributed by atoms with E-state index < -0.39 is 5.60 Å². The smallest absolute Gasteiger partial charge is 0.251 e. The summed E-state index contributed by atoms with van der Waals surface area (Å²) in [6.07, 6.45) is 1.47. The number of nitrogens with zero attached hydrogens (tertiary/aromatic N) is 1. The molecule has 0 aliphatic heterocycles. The number of nitriles is 1. The number of aliphatic hydroxyl groups is 1. The average molecular weight is 316 g/mol. The molecule has 0 aliphatic carbocycles. The van der Waals surface area contributed by atoms with Crippen molar-refractivity contribution >= 4 is 17.7 Å². The molecule has 1 amide bonds. The highest BCUT2D eigenvalue weighted by Gasteiger charge is 2.26. The molecule has 0 saturated heterocycles. The van der Waals surface area contributed by atoms with Crippen LogP contribution < -0.4 is 5.32 Å². The summed E-state index contributed by atoms with van der Waals surface area (Å²) in [5, 5.41) is 21.6. The minimum atomic E-state index is -1.27. The fourth-order valence-electron chi connectivity index (χ4n) is 1.87. The van der Waals surface area contributed by atoms with Gasteiger partial charge in [-0.15, -0.1) is 11.8 Å². The van der Waals surface area contributed by atoms with Gasteiger partial charge in [-0.05, 0) is 37.3 Å². The van der Waals surface area contributed by atoms with Gasteiger partial charge in [0.2, 0.25) is 0 Å². The first kappa shape index (κ1) is 16.1. The number of carbonyl (C=O) groups excluding carboxylic acids is 1. The summed E-state index contributed by atoms with van der Waals surface area (Å²) >= 11 is 1.37. The number of amides is 1. The molecule has 22 heavy (non-hydrogen) atoms. The number of carbonyl (C=O) groups is 1. The Balaban J connectivity index is 1.99. The summed E-state index contributed by atoms with van der Waals surface area (Å²) in [6.45, 7) is 1.61. The predicted octanol–water partition coefficient (Wildman–Crippen LogP) is 2.53. The molecule has 0 fully saturated rings. The van der Waals surface area contributed by atoms with Crippen LogP contribution in [0, 0.1) is 11.3 Å². The summed E-state index contributed by atoms with van der Waals surface area (Å²) in [5.74, 6) is 0.440. The highest BCUT2D eigenvalue weighted by Crippen LogP contribution is 2.21. The average Bonchev–Trinajstić information content (AvgIpc) is 3.06. The van der Waals surface area contributed by atoms with Crippen molar-refractivity contribution in [2.24, 2.45) is 0 Å². The fraction of sp³-hybridized carbons (Fsp3) is 0.250. The molecule has 1 atom stereocenters. The molecule has 114 valence electrons. The molecule has 0 spiro atoms. The maximum absolute atomic E-state index is 12.2. The number of furan rings is 1. The summed E-state index contributed by atoms with van der Waals surface area (Å²) in [6, 6.07) is 12.4. The van der Waals surface area contributed by atoms with Crippen molar-refractivity contribution in [3.05, 3.63) is 54.0 Å². The molecular weight excluding hydrogens is 300 g/mol. The molecule has 0 saturated carbocycles. The van der Waals surface area contributed by atoms with Crippen molar-refractivity contribution in [1.82, 2.24) is 5.32 Å². The molecule has 1 aromatic carbocycles. The maximum atomic E-state index is 12.2. The third-order valence-corrected chi connectivity index (χ3v) is 3.91. The first-order valence-corrected chi connectivity index (χ1v) is 7.66. The van der Waals surface area contributed by atoms with Crippen LogP contribution in [0.15, 0.2) is 52.0 Å². The number of nitrogens with one attached hydrogen (secondary N) is 1. The lowest BCUT2D eigenvalue weighted by atomic mass is 10.0. The number of hydrogen-bond acceptors (Lipinski definition) is 5. The van der Waals surface area contributed by atoms with Crippen molar-refractivity contribution in [3.63, 3.8) is 0 Å². The third kappa shape index (κ3) is 4.13. The Labute approximate surface area is 132 Å². The minimum Gasteiger partial charge on any atom is -0.466 e. The SMILES string of the molecule is CC(O)(CNC(=O)c1cccc(SCC#N)c1)c1ccco1. The van der Waals surface area contributed by atoms with Gasteiger partial charge in [-0.25, -0.2) is 0 Å². The molecule has 1 aromatic heterocycles. The van der Waals surface area contributed by atoms with E-state index in [0.29, 0.717) is 17.1 Å². The number of hydrogen-bond donors (Lipinski definition) is 2. The van der Waals surface area contributed by atoms with E-state index in [9.17, 15) is 9.90 Å². The fourth-order valence-corrected chi connectivity index (χ4v) is 2.49. The van der Waals surface area contributed by atoms with Gasteiger partial charge in [0, 0.05) is 10.5 Å². The lowest BCUT2D eigenvalue weighted by Crippen LogP contribution is -2.38.